The zero-order chi connectivity index (χ0) is 49.7. The molecule has 0 aliphatic heterocycles. The minimum Gasteiger partial charge on any atom is -0.491 e. The molecular formula is C68H54N2O2S. The third-order valence-corrected chi connectivity index (χ3v) is 14.8. The van der Waals surface area contributed by atoms with Crippen LogP contribution in [0.5, 0.6) is 11.5 Å². The molecule has 11 aromatic rings. The van der Waals surface area contributed by atoms with Crippen molar-refractivity contribution in [3.63, 3.8) is 0 Å². The number of rotatable bonds is 14. The third-order valence-electron chi connectivity index (χ3n) is 13.6. The maximum absolute atomic E-state index is 6.26. The maximum atomic E-state index is 6.26. The van der Waals surface area contributed by atoms with Crippen LogP contribution in [0.3, 0.4) is 0 Å². The summed E-state index contributed by atoms with van der Waals surface area (Å²) in [5.41, 5.74) is 20.3. The van der Waals surface area contributed by atoms with Crippen LogP contribution in [0.4, 0.5) is 34.1 Å². The summed E-state index contributed by atoms with van der Waals surface area (Å²) in [7, 11) is 3.48. The molecular weight excluding hydrogens is 909 g/mol. The molecule has 1 aromatic heterocycles. The van der Waals surface area contributed by atoms with Crippen molar-refractivity contribution < 1.29 is 9.47 Å². The molecule has 0 amide bonds. The number of anilines is 6. The lowest BCUT2D eigenvalue weighted by Crippen LogP contribution is -2.10. The molecule has 0 spiro atoms. The summed E-state index contributed by atoms with van der Waals surface area (Å²) in [5, 5.41) is 0. The first-order valence-corrected chi connectivity index (χ1v) is 25.4. The van der Waals surface area contributed by atoms with Crippen LogP contribution in [0, 0.1) is 13.8 Å². The van der Waals surface area contributed by atoms with E-state index in [-0.39, 0.29) is 0 Å². The number of hydrogen-bond acceptors (Lipinski definition) is 5. The molecule has 0 N–H and O–H groups in total. The molecule has 0 atom stereocenters. The molecule has 0 unspecified atom stereocenters. The predicted octanol–water partition coefficient (Wildman–Crippen LogP) is 19.3. The SMILES string of the molecule is COc1c(-c2ccc(N(c3ccc(-c4ccccc4)cc3)c3ccc(-c4ccccc4)cc3)cc2C)sc(-c2ccc(N(c3ccc(-c4ccccc4)cc3)c3ccc(-c4ccccc4)cc3)cc2C)c1OC. The molecule has 73 heavy (non-hydrogen) atoms. The first-order valence-electron chi connectivity index (χ1n) is 24.6. The lowest BCUT2D eigenvalue weighted by molar-refractivity contribution is 0.360. The van der Waals surface area contributed by atoms with Gasteiger partial charge in [-0.3, -0.25) is 0 Å². The highest BCUT2D eigenvalue weighted by molar-refractivity contribution is 7.19. The highest BCUT2D eigenvalue weighted by atomic mass is 32.1. The second kappa shape index (κ2) is 20.8. The molecule has 0 saturated heterocycles. The van der Waals surface area contributed by atoms with E-state index in [4.69, 9.17) is 9.47 Å². The smallest absolute Gasteiger partial charge is 0.180 e. The predicted molar refractivity (Wildman–Crippen MR) is 309 cm³/mol. The minimum absolute atomic E-state index is 0.727. The first kappa shape index (κ1) is 46.5. The van der Waals surface area contributed by atoms with Gasteiger partial charge < -0.3 is 19.3 Å². The molecule has 0 fully saturated rings. The van der Waals surface area contributed by atoms with Gasteiger partial charge in [0, 0.05) is 34.1 Å². The molecule has 0 aliphatic carbocycles. The Morgan fingerprint density at radius 3 is 0.740 bits per heavy atom. The van der Waals surface area contributed by atoms with Gasteiger partial charge in [0.05, 0.1) is 24.0 Å². The maximum Gasteiger partial charge on any atom is 0.180 e. The van der Waals surface area contributed by atoms with Crippen LogP contribution in [0.1, 0.15) is 11.1 Å². The van der Waals surface area contributed by atoms with Gasteiger partial charge >= 0.3 is 0 Å². The Morgan fingerprint density at radius 2 is 0.507 bits per heavy atom. The molecule has 0 radical (unpaired) electrons. The molecule has 10 aromatic carbocycles. The van der Waals surface area contributed by atoms with Gasteiger partial charge in [0.25, 0.3) is 0 Å². The van der Waals surface area contributed by atoms with Crippen LogP contribution in [0.2, 0.25) is 0 Å². The lowest BCUT2D eigenvalue weighted by atomic mass is 10.0. The van der Waals surface area contributed by atoms with E-state index < -0.39 is 0 Å². The number of ether oxygens (including phenoxy) is 2. The van der Waals surface area contributed by atoms with Crippen molar-refractivity contribution in [2.75, 3.05) is 24.0 Å². The zero-order valence-electron chi connectivity index (χ0n) is 41.4. The largest absolute Gasteiger partial charge is 0.491 e. The van der Waals surface area contributed by atoms with Gasteiger partial charge in [-0.2, -0.15) is 0 Å². The summed E-state index contributed by atoms with van der Waals surface area (Å²) < 4.78 is 12.5. The van der Waals surface area contributed by atoms with E-state index in [1.54, 1.807) is 25.6 Å². The molecule has 11 rings (SSSR count). The van der Waals surface area contributed by atoms with Crippen molar-refractivity contribution in [1.29, 1.82) is 0 Å². The van der Waals surface area contributed by atoms with Crippen LogP contribution in [-0.2, 0) is 0 Å². The fourth-order valence-corrected chi connectivity index (χ4v) is 11.3. The van der Waals surface area contributed by atoms with Gasteiger partial charge in [-0.05, 0) is 153 Å². The van der Waals surface area contributed by atoms with Crippen molar-refractivity contribution in [2.45, 2.75) is 13.8 Å². The van der Waals surface area contributed by atoms with Crippen molar-refractivity contribution in [3.05, 3.63) is 266 Å². The summed E-state index contributed by atoms with van der Waals surface area (Å²) in [5.74, 6) is 1.45. The fraction of sp³-hybridized carbons (Fsp3) is 0.0588. The summed E-state index contributed by atoms with van der Waals surface area (Å²) in [6.07, 6.45) is 0. The van der Waals surface area contributed by atoms with E-state index >= 15 is 0 Å². The molecule has 354 valence electrons. The molecule has 0 saturated carbocycles. The monoisotopic (exact) mass is 962 g/mol. The van der Waals surface area contributed by atoms with E-state index in [1.807, 2.05) is 0 Å². The lowest BCUT2D eigenvalue weighted by Gasteiger charge is -2.27. The minimum atomic E-state index is 0.727. The summed E-state index contributed by atoms with van der Waals surface area (Å²) in [6, 6.07) is 91.0. The Labute approximate surface area is 433 Å². The number of thiophene rings is 1. The second-order valence-electron chi connectivity index (χ2n) is 18.1. The van der Waals surface area contributed by atoms with Gasteiger partial charge in [0.15, 0.2) is 11.5 Å². The number of nitrogens with zero attached hydrogens (tertiary/aromatic N) is 2. The highest BCUT2D eigenvalue weighted by Crippen LogP contribution is 2.54. The molecule has 0 bridgehead atoms. The van der Waals surface area contributed by atoms with Gasteiger partial charge in [-0.1, -0.05) is 182 Å². The van der Waals surface area contributed by atoms with Crippen LogP contribution in [0.15, 0.2) is 255 Å². The Balaban J connectivity index is 0.948. The third kappa shape index (κ3) is 9.54. The first-order chi connectivity index (χ1) is 35.9. The normalized spacial score (nSPS) is 11.0. The van der Waals surface area contributed by atoms with Crippen molar-refractivity contribution >= 4 is 45.5 Å². The summed E-state index contributed by atoms with van der Waals surface area (Å²) >= 11 is 1.70. The highest BCUT2D eigenvalue weighted by Gasteiger charge is 2.26. The number of benzene rings is 10. The Kier molecular flexibility index (Phi) is 13.3. The molecule has 0 aliphatic rings. The Bertz CT molecular complexity index is 3210. The topological polar surface area (TPSA) is 24.9 Å². The van der Waals surface area contributed by atoms with Gasteiger partial charge in [0.2, 0.25) is 0 Å². The second-order valence-corrected chi connectivity index (χ2v) is 19.2. The van der Waals surface area contributed by atoms with Gasteiger partial charge in [-0.15, -0.1) is 11.3 Å². The van der Waals surface area contributed by atoms with Gasteiger partial charge in [-0.25, -0.2) is 0 Å². The van der Waals surface area contributed by atoms with E-state index in [9.17, 15) is 0 Å². The average molecular weight is 963 g/mol. The van der Waals surface area contributed by atoms with Crippen molar-refractivity contribution in [2.24, 2.45) is 0 Å². The number of methoxy groups -OCH3 is 2. The van der Waals surface area contributed by atoms with E-state index in [0.717, 1.165) is 77.6 Å². The fourth-order valence-electron chi connectivity index (χ4n) is 9.84. The zero-order valence-corrected chi connectivity index (χ0v) is 42.2. The van der Waals surface area contributed by atoms with Crippen LogP contribution < -0.4 is 19.3 Å². The molecule has 1 heterocycles. The number of aryl methyl sites for hydroxylation is 2. The van der Waals surface area contributed by atoms with Gasteiger partial charge in [0.1, 0.15) is 0 Å². The standard InChI is InChI=1S/C68H54N2O2S/c1-47-45-61(69(57-33-25-53(26-34-57)49-17-9-5-10-18-49)58-35-27-54(28-36-58)50-19-11-6-12-20-50)41-43-63(47)67-65(71-3)66(72-4)68(73-67)64-44-42-62(46-48(64)2)70(59-37-29-55(30-38-59)51-21-13-7-14-22-51)60-39-31-56(32-40-60)52-23-15-8-16-24-52/h5-46H,1-4H3. The average Bonchev–Trinajstić information content (AvgIpc) is 3.83. The van der Waals surface area contributed by atoms with E-state index in [1.165, 1.54) is 44.5 Å². The van der Waals surface area contributed by atoms with Crippen LogP contribution >= 0.6 is 11.3 Å². The molecule has 5 heteroatoms. The van der Waals surface area contributed by atoms with Crippen molar-refractivity contribution in [1.82, 2.24) is 0 Å². The molecule has 4 nitrogen and oxygen atoms in total. The van der Waals surface area contributed by atoms with E-state index in [0.29, 0.717) is 0 Å². The Hall–Kier alpha value is -8.90. The van der Waals surface area contributed by atoms with Crippen LogP contribution in [-0.4, -0.2) is 14.2 Å². The van der Waals surface area contributed by atoms with Crippen LogP contribution in [0.25, 0.3) is 65.4 Å². The summed E-state index contributed by atoms with van der Waals surface area (Å²) in [6.45, 7) is 4.37. The number of hydrogen-bond donors (Lipinski definition) is 0. The quantitative estimate of drug-likeness (QED) is 0.108. The van der Waals surface area contributed by atoms with E-state index in [2.05, 4.69) is 278 Å². The summed E-state index contributed by atoms with van der Waals surface area (Å²) in [4.78, 5) is 6.71. The Morgan fingerprint density at radius 1 is 0.274 bits per heavy atom. The van der Waals surface area contributed by atoms with Crippen molar-refractivity contribution in [3.8, 4) is 76.9 Å².